The first kappa shape index (κ1) is 25.2. The fourth-order valence-corrected chi connectivity index (χ4v) is 3.94. The minimum atomic E-state index is -0.596. The molecule has 0 radical (unpaired) electrons. The summed E-state index contributed by atoms with van der Waals surface area (Å²) in [5.74, 6) is -0.717. The maximum Gasteiger partial charge on any atom is 0.331 e. The van der Waals surface area contributed by atoms with E-state index in [0.29, 0.717) is 11.6 Å². The summed E-state index contributed by atoms with van der Waals surface area (Å²) in [5.41, 5.74) is 6.25. The van der Waals surface area contributed by atoms with Crippen LogP contribution in [0.15, 0.2) is 48.5 Å². The number of ether oxygens (including phenoxy) is 1. The third-order valence-electron chi connectivity index (χ3n) is 5.64. The second kappa shape index (κ2) is 11.2. The Morgan fingerprint density at radius 2 is 1.85 bits per heavy atom. The molecule has 0 spiro atoms. The van der Waals surface area contributed by atoms with Crippen LogP contribution in [0.3, 0.4) is 0 Å². The number of rotatable bonds is 8. The van der Waals surface area contributed by atoms with Crippen LogP contribution in [-0.2, 0) is 20.9 Å². The van der Waals surface area contributed by atoms with Crippen LogP contribution in [0.25, 0.3) is 6.08 Å². The van der Waals surface area contributed by atoms with E-state index in [-0.39, 0.29) is 18.4 Å². The van der Waals surface area contributed by atoms with Gasteiger partial charge in [0.25, 0.3) is 5.91 Å². The summed E-state index contributed by atoms with van der Waals surface area (Å²) in [6.07, 6.45) is 2.98. The average Bonchev–Trinajstić information content (AvgIpc) is 3.05. The minimum absolute atomic E-state index is 0.256. The van der Waals surface area contributed by atoms with Crippen LogP contribution < -0.4 is 5.32 Å². The van der Waals surface area contributed by atoms with Crippen LogP contribution >= 0.6 is 11.6 Å². The van der Waals surface area contributed by atoms with Gasteiger partial charge in [0.2, 0.25) is 0 Å². The molecule has 178 valence electrons. The summed E-state index contributed by atoms with van der Waals surface area (Å²) in [6, 6.07) is 13.5. The topological polar surface area (TPSA) is 73.2 Å². The molecule has 1 N–H and O–H groups in total. The van der Waals surface area contributed by atoms with Crippen LogP contribution in [0.1, 0.15) is 53.4 Å². The Labute approximate surface area is 205 Å². The smallest absolute Gasteiger partial charge is 0.331 e. The van der Waals surface area contributed by atoms with Crippen molar-refractivity contribution >= 4 is 35.2 Å². The summed E-state index contributed by atoms with van der Waals surface area (Å²) in [5, 5.41) is 8.12. The number of benzene rings is 2. The maximum atomic E-state index is 12.4. The lowest BCUT2D eigenvalue weighted by Crippen LogP contribution is -2.21. The Morgan fingerprint density at radius 1 is 1.12 bits per heavy atom. The van der Waals surface area contributed by atoms with Crippen molar-refractivity contribution in [2.45, 2.75) is 47.1 Å². The molecule has 2 aromatic carbocycles. The SMILES string of the molecule is Cc1cccc(C(C)C)c1NC(=O)COC(=O)/C=C/c1c(C)nn(Cc2ccccc2Cl)c1C. The molecule has 6 nitrogen and oxygen atoms in total. The molecule has 0 bridgehead atoms. The number of carbonyl (C=O) groups excluding carboxylic acids is 2. The summed E-state index contributed by atoms with van der Waals surface area (Å²) in [6.45, 7) is 10.0. The van der Waals surface area contributed by atoms with Crippen LogP contribution in [0.4, 0.5) is 5.69 Å². The Hall–Kier alpha value is -3.38. The first-order chi connectivity index (χ1) is 16.2. The molecule has 0 atom stereocenters. The zero-order chi connectivity index (χ0) is 24.8. The number of halogens is 1. The van der Waals surface area contributed by atoms with Crippen LogP contribution in [0.5, 0.6) is 0 Å². The number of anilines is 1. The molecule has 1 aromatic heterocycles. The highest BCUT2D eigenvalue weighted by Crippen LogP contribution is 2.27. The fraction of sp³-hybridized carbons (Fsp3) is 0.296. The quantitative estimate of drug-likeness (QED) is 0.326. The monoisotopic (exact) mass is 479 g/mol. The highest BCUT2D eigenvalue weighted by molar-refractivity contribution is 6.31. The summed E-state index contributed by atoms with van der Waals surface area (Å²) >= 11 is 6.27. The Kier molecular flexibility index (Phi) is 8.29. The number of aryl methyl sites for hydroxylation is 2. The fourth-order valence-electron chi connectivity index (χ4n) is 3.75. The number of nitrogens with zero attached hydrogens (tertiary/aromatic N) is 2. The zero-order valence-corrected chi connectivity index (χ0v) is 20.9. The van der Waals surface area contributed by atoms with E-state index < -0.39 is 5.97 Å². The first-order valence-corrected chi connectivity index (χ1v) is 11.6. The van der Waals surface area contributed by atoms with Gasteiger partial charge in [-0.1, -0.05) is 61.8 Å². The van der Waals surface area contributed by atoms with Crippen molar-refractivity contribution in [2.24, 2.45) is 0 Å². The lowest BCUT2D eigenvalue weighted by molar-refractivity contribution is -0.142. The lowest BCUT2D eigenvalue weighted by atomic mass is 9.98. The molecule has 0 aliphatic heterocycles. The van der Waals surface area contributed by atoms with Gasteiger partial charge in [-0.05, 0) is 55.5 Å². The number of amides is 1. The minimum Gasteiger partial charge on any atom is -0.452 e. The van der Waals surface area contributed by atoms with Gasteiger partial charge in [-0.3, -0.25) is 9.48 Å². The first-order valence-electron chi connectivity index (χ1n) is 11.2. The third-order valence-corrected chi connectivity index (χ3v) is 6.01. The molecule has 3 rings (SSSR count). The zero-order valence-electron chi connectivity index (χ0n) is 20.2. The van der Waals surface area contributed by atoms with Gasteiger partial charge in [-0.15, -0.1) is 0 Å². The number of para-hydroxylation sites is 1. The molecule has 34 heavy (non-hydrogen) atoms. The van der Waals surface area contributed by atoms with Crippen molar-refractivity contribution in [3.63, 3.8) is 0 Å². The van der Waals surface area contributed by atoms with E-state index in [9.17, 15) is 9.59 Å². The molecule has 3 aromatic rings. The molecule has 0 aliphatic rings. The number of hydrogen-bond acceptors (Lipinski definition) is 4. The molecule has 0 fully saturated rings. The summed E-state index contributed by atoms with van der Waals surface area (Å²) < 4.78 is 7.00. The predicted octanol–water partition coefficient (Wildman–Crippen LogP) is 5.83. The van der Waals surface area contributed by atoms with Gasteiger partial charge in [0.05, 0.1) is 12.2 Å². The van der Waals surface area contributed by atoms with Gasteiger partial charge < -0.3 is 10.1 Å². The maximum absolute atomic E-state index is 12.4. The number of hydrogen-bond donors (Lipinski definition) is 1. The number of aromatic nitrogens is 2. The summed E-state index contributed by atoms with van der Waals surface area (Å²) in [7, 11) is 0. The highest BCUT2D eigenvalue weighted by Gasteiger charge is 2.14. The van der Waals surface area contributed by atoms with Gasteiger partial charge in [-0.25, -0.2) is 4.79 Å². The van der Waals surface area contributed by atoms with Crippen molar-refractivity contribution in [3.8, 4) is 0 Å². The molecular weight excluding hydrogens is 450 g/mol. The van der Waals surface area contributed by atoms with Crippen LogP contribution in [0.2, 0.25) is 5.02 Å². The number of esters is 1. The van der Waals surface area contributed by atoms with E-state index in [2.05, 4.69) is 24.3 Å². The molecule has 0 saturated carbocycles. The normalized spacial score (nSPS) is 11.3. The molecule has 0 aliphatic carbocycles. The Bertz CT molecular complexity index is 1230. The van der Waals surface area contributed by atoms with E-state index in [1.807, 2.05) is 67.9 Å². The largest absolute Gasteiger partial charge is 0.452 e. The van der Waals surface area contributed by atoms with E-state index in [1.54, 1.807) is 6.08 Å². The van der Waals surface area contributed by atoms with E-state index in [4.69, 9.17) is 16.3 Å². The Balaban J connectivity index is 1.61. The standard InChI is InChI=1S/C27H30ClN3O3/c1-17(2)22-11-8-9-18(3)27(22)29-25(32)16-34-26(33)14-13-23-19(4)30-31(20(23)5)15-21-10-6-7-12-24(21)28/h6-14,17H,15-16H2,1-5H3,(H,29,32)/b14-13+. The predicted molar refractivity (Wildman–Crippen MR) is 136 cm³/mol. The van der Waals surface area contributed by atoms with Gasteiger partial charge >= 0.3 is 5.97 Å². The van der Waals surface area contributed by atoms with Crippen LogP contribution in [-0.4, -0.2) is 28.3 Å². The summed E-state index contributed by atoms with van der Waals surface area (Å²) in [4.78, 5) is 24.6. The third kappa shape index (κ3) is 6.14. The van der Waals surface area contributed by atoms with Crippen molar-refractivity contribution in [1.82, 2.24) is 9.78 Å². The number of carbonyl (C=O) groups is 2. The average molecular weight is 480 g/mol. The van der Waals surface area contributed by atoms with Gasteiger partial charge in [-0.2, -0.15) is 5.10 Å². The highest BCUT2D eigenvalue weighted by atomic mass is 35.5. The molecule has 0 saturated heterocycles. The number of nitrogens with one attached hydrogen (secondary N) is 1. The van der Waals surface area contributed by atoms with Crippen molar-refractivity contribution in [3.05, 3.63) is 87.2 Å². The van der Waals surface area contributed by atoms with Crippen molar-refractivity contribution in [2.75, 3.05) is 11.9 Å². The lowest BCUT2D eigenvalue weighted by Gasteiger charge is -2.16. The van der Waals surface area contributed by atoms with Crippen LogP contribution in [0, 0.1) is 20.8 Å². The second-order valence-electron chi connectivity index (χ2n) is 8.52. The molecule has 1 amide bonds. The van der Waals surface area contributed by atoms with E-state index in [1.165, 1.54) is 6.08 Å². The Morgan fingerprint density at radius 3 is 2.56 bits per heavy atom. The second-order valence-corrected chi connectivity index (χ2v) is 8.92. The molecule has 1 heterocycles. The van der Waals surface area contributed by atoms with E-state index >= 15 is 0 Å². The van der Waals surface area contributed by atoms with E-state index in [0.717, 1.165) is 39.3 Å². The van der Waals surface area contributed by atoms with Crippen molar-refractivity contribution in [1.29, 1.82) is 0 Å². The van der Waals surface area contributed by atoms with Crippen molar-refractivity contribution < 1.29 is 14.3 Å². The molecular formula is C27H30ClN3O3. The molecule has 7 heteroatoms. The van der Waals surface area contributed by atoms with Gasteiger partial charge in [0, 0.05) is 28.0 Å². The molecule has 0 unspecified atom stereocenters. The van der Waals surface area contributed by atoms with Gasteiger partial charge in [0.15, 0.2) is 6.61 Å². The van der Waals surface area contributed by atoms with Gasteiger partial charge in [0.1, 0.15) is 0 Å².